The summed E-state index contributed by atoms with van der Waals surface area (Å²) in [5.41, 5.74) is 1.38. The van der Waals surface area contributed by atoms with Crippen LogP contribution in [0.1, 0.15) is 11.3 Å². The number of methoxy groups -OCH3 is 1. The van der Waals surface area contributed by atoms with Gasteiger partial charge in [-0.3, -0.25) is 14.4 Å². The molecule has 126 valence electrons. The average Bonchev–Trinajstić information content (AvgIpc) is 3.14. The number of H-pyrrole nitrogens is 1. The number of esters is 1. The predicted molar refractivity (Wildman–Crippen MR) is 82.2 cm³/mol. The molecule has 1 atom stereocenters. The van der Waals surface area contributed by atoms with E-state index in [1.54, 1.807) is 12.1 Å². The predicted octanol–water partition coefficient (Wildman–Crippen LogP) is 0.653. The summed E-state index contributed by atoms with van der Waals surface area (Å²) >= 11 is 0. The number of nitrogens with one attached hydrogen (secondary N) is 1. The molecule has 8 heteroatoms. The van der Waals surface area contributed by atoms with E-state index in [9.17, 15) is 14.4 Å². The topological polar surface area (TPSA) is 102 Å². The molecule has 2 aromatic rings. The van der Waals surface area contributed by atoms with Gasteiger partial charge in [0.15, 0.2) is 6.04 Å². The summed E-state index contributed by atoms with van der Waals surface area (Å²) in [6.45, 7) is 0.0247. The van der Waals surface area contributed by atoms with Crippen LogP contribution in [0.25, 0.3) is 0 Å². The van der Waals surface area contributed by atoms with Crippen molar-refractivity contribution in [3.8, 4) is 0 Å². The molecule has 1 amide bonds. The molecule has 1 aromatic heterocycles. The maximum atomic E-state index is 12.1. The number of hydrogen-bond donors (Lipinski definition) is 1. The van der Waals surface area contributed by atoms with Gasteiger partial charge < -0.3 is 9.72 Å². The molecule has 0 radical (unpaired) electrons. The highest BCUT2D eigenvalue weighted by atomic mass is 16.7. The lowest BCUT2D eigenvalue weighted by Gasteiger charge is -2.27. The normalized spacial score (nSPS) is 11.5. The van der Waals surface area contributed by atoms with Crippen molar-refractivity contribution in [1.29, 1.82) is 0 Å². The first-order valence-electron chi connectivity index (χ1n) is 7.16. The fourth-order valence-electron chi connectivity index (χ4n) is 2.08. The molecular formula is C16H17N3O5. The van der Waals surface area contributed by atoms with Crippen molar-refractivity contribution < 1.29 is 24.0 Å². The Morgan fingerprint density at radius 2 is 2.08 bits per heavy atom. The maximum absolute atomic E-state index is 12.1. The van der Waals surface area contributed by atoms with Gasteiger partial charge in [0.05, 0.1) is 13.4 Å². The second kappa shape index (κ2) is 8.59. The summed E-state index contributed by atoms with van der Waals surface area (Å²) in [6, 6.07) is 7.95. The molecule has 0 unspecified atom stereocenters. The Bertz CT molecular complexity index is 672. The first kappa shape index (κ1) is 17.4. The van der Waals surface area contributed by atoms with Gasteiger partial charge in [-0.05, 0) is 5.56 Å². The van der Waals surface area contributed by atoms with Crippen molar-refractivity contribution in [1.82, 2.24) is 15.0 Å². The van der Waals surface area contributed by atoms with E-state index in [0.717, 1.165) is 10.6 Å². The number of amides is 1. The Morgan fingerprint density at radius 3 is 2.67 bits per heavy atom. The monoisotopic (exact) mass is 331 g/mol. The Labute approximate surface area is 138 Å². The lowest BCUT2D eigenvalue weighted by Crippen LogP contribution is -2.47. The second-order valence-corrected chi connectivity index (χ2v) is 4.86. The van der Waals surface area contributed by atoms with E-state index in [4.69, 9.17) is 9.57 Å². The van der Waals surface area contributed by atoms with Gasteiger partial charge in [-0.2, -0.15) is 5.06 Å². The molecule has 0 saturated heterocycles. The summed E-state index contributed by atoms with van der Waals surface area (Å²) in [4.78, 5) is 47.0. The van der Waals surface area contributed by atoms with Gasteiger partial charge in [0.25, 0.3) is 0 Å². The van der Waals surface area contributed by atoms with Gasteiger partial charge >= 0.3 is 11.9 Å². The molecular weight excluding hydrogens is 314 g/mol. The maximum Gasteiger partial charge on any atom is 0.331 e. The highest BCUT2D eigenvalue weighted by Crippen LogP contribution is 2.12. The molecule has 1 heterocycles. The van der Waals surface area contributed by atoms with Crippen LogP contribution in [0.2, 0.25) is 0 Å². The van der Waals surface area contributed by atoms with Gasteiger partial charge in [-0.15, -0.1) is 0 Å². The van der Waals surface area contributed by atoms with E-state index < -0.39 is 17.9 Å². The van der Waals surface area contributed by atoms with E-state index in [1.165, 1.54) is 19.6 Å². The van der Waals surface area contributed by atoms with E-state index in [0.29, 0.717) is 5.69 Å². The lowest BCUT2D eigenvalue weighted by atomic mass is 10.1. The number of carbonyl (C=O) groups excluding carboxylic acids is 3. The summed E-state index contributed by atoms with van der Waals surface area (Å²) in [5.74, 6) is -1.67. The Morgan fingerprint density at radius 1 is 1.33 bits per heavy atom. The number of carbonyl (C=O) groups is 3. The number of rotatable bonds is 8. The summed E-state index contributed by atoms with van der Waals surface area (Å²) in [6.07, 6.45) is 3.12. The SMILES string of the molecule is COC(=O)[C@H](Cc1cnc[nH]1)N(OCc1ccccc1)C(=O)C=O. The van der Waals surface area contributed by atoms with Crippen LogP contribution in [0.4, 0.5) is 0 Å². The van der Waals surface area contributed by atoms with E-state index in [1.807, 2.05) is 18.2 Å². The zero-order valence-electron chi connectivity index (χ0n) is 13.0. The molecule has 24 heavy (non-hydrogen) atoms. The number of hydrogen-bond acceptors (Lipinski definition) is 6. The third-order valence-corrected chi connectivity index (χ3v) is 3.26. The Kier molecular flexibility index (Phi) is 6.21. The molecule has 8 nitrogen and oxygen atoms in total. The molecule has 0 saturated carbocycles. The van der Waals surface area contributed by atoms with Crippen LogP contribution in [0.5, 0.6) is 0 Å². The quantitative estimate of drug-likeness (QED) is 0.330. The summed E-state index contributed by atoms with van der Waals surface area (Å²) in [7, 11) is 1.20. The third-order valence-electron chi connectivity index (χ3n) is 3.26. The van der Waals surface area contributed by atoms with Gasteiger partial charge in [0.1, 0.15) is 6.61 Å². The van der Waals surface area contributed by atoms with E-state index in [-0.39, 0.29) is 19.3 Å². The first-order chi connectivity index (χ1) is 11.7. The number of benzene rings is 1. The van der Waals surface area contributed by atoms with Crippen LogP contribution in [0.3, 0.4) is 0 Å². The fourth-order valence-corrected chi connectivity index (χ4v) is 2.08. The number of nitrogens with zero attached hydrogens (tertiary/aromatic N) is 2. The molecule has 0 aliphatic heterocycles. The van der Waals surface area contributed by atoms with Gasteiger partial charge in [-0.25, -0.2) is 9.78 Å². The zero-order valence-corrected chi connectivity index (χ0v) is 13.0. The second-order valence-electron chi connectivity index (χ2n) is 4.86. The number of aldehydes is 1. The highest BCUT2D eigenvalue weighted by molar-refractivity contribution is 6.23. The molecule has 2 rings (SSSR count). The Balaban J connectivity index is 2.18. The smallest absolute Gasteiger partial charge is 0.331 e. The summed E-state index contributed by atoms with van der Waals surface area (Å²) in [5, 5.41) is 0.743. The van der Waals surface area contributed by atoms with Crippen LogP contribution in [0, 0.1) is 0 Å². The highest BCUT2D eigenvalue weighted by Gasteiger charge is 2.32. The van der Waals surface area contributed by atoms with E-state index >= 15 is 0 Å². The van der Waals surface area contributed by atoms with Crippen molar-refractivity contribution in [2.75, 3.05) is 7.11 Å². The molecule has 1 N–H and O–H groups in total. The van der Waals surface area contributed by atoms with Crippen LogP contribution in [-0.2, 0) is 37.0 Å². The van der Waals surface area contributed by atoms with E-state index in [2.05, 4.69) is 9.97 Å². The summed E-state index contributed by atoms with van der Waals surface area (Å²) < 4.78 is 4.73. The minimum Gasteiger partial charge on any atom is -0.467 e. The minimum atomic E-state index is -1.11. The standard InChI is InChI=1S/C16H17N3O5/c1-23-16(22)14(7-13-8-17-11-18-13)19(15(21)9-20)24-10-12-5-3-2-4-6-12/h2-6,8-9,11,14H,7,10H2,1H3,(H,17,18)/t14-/m0/s1. The van der Waals surface area contributed by atoms with Crippen LogP contribution >= 0.6 is 0 Å². The lowest BCUT2D eigenvalue weighted by molar-refractivity contribution is -0.210. The number of hydroxylamine groups is 2. The number of ether oxygens (including phenoxy) is 1. The molecule has 0 aliphatic carbocycles. The van der Waals surface area contributed by atoms with Crippen LogP contribution in [0.15, 0.2) is 42.9 Å². The average molecular weight is 331 g/mol. The van der Waals surface area contributed by atoms with Crippen LogP contribution < -0.4 is 0 Å². The van der Waals surface area contributed by atoms with Gasteiger partial charge in [0.2, 0.25) is 6.29 Å². The largest absolute Gasteiger partial charge is 0.467 e. The molecule has 0 bridgehead atoms. The molecule has 0 fully saturated rings. The zero-order chi connectivity index (χ0) is 17.4. The molecule has 1 aromatic carbocycles. The van der Waals surface area contributed by atoms with Crippen molar-refractivity contribution in [2.24, 2.45) is 0 Å². The van der Waals surface area contributed by atoms with Gasteiger partial charge in [0, 0.05) is 18.3 Å². The van der Waals surface area contributed by atoms with Crippen molar-refractivity contribution >= 4 is 18.2 Å². The number of aromatic nitrogens is 2. The molecule has 0 aliphatic rings. The van der Waals surface area contributed by atoms with Crippen LogP contribution in [-0.4, -0.2) is 46.3 Å². The minimum absolute atomic E-state index is 0.0247. The third kappa shape index (κ3) is 4.50. The van der Waals surface area contributed by atoms with Crippen molar-refractivity contribution in [2.45, 2.75) is 19.1 Å². The van der Waals surface area contributed by atoms with Crippen molar-refractivity contribution in [3.63, 3.8) is 0 Å². The fraction of sp³-hybridized carbons (Fsp3) is 0.250. The number of imidazole rings is 1. The Hall–Kier alpha value is -3.00. The van der Waals surface area contributed by atoms with Crippen molar-refractivity contribution in [3.05, 3.63) is 54.1 Å². The molecule has 0 spiro atoms. The number of aromatic amines is 1. The van der Waals surface area contributed by atoms with Gasteiger partial charge in [-0.1, -0.05) is 30.3 Å². The first-order valence-corrected chi connectivity index (χ1v) is 7.16.